The van der Waals surface area contributed by atoms with Gasteiger partial charge in [-0.05, 0) is 30.3 Å². The van der Waals surface area contributed by atoms with E-state index in [9.17, 15) is 0 Å². The van der Waals surface area contributed by atoms with Crippen molar-refractivity contribution in [2.75, 3.05) is 5.73 Å². The molecule has 20 heavy (non-hydrogen) atoms. The fourth-order valence-corrected chi connectivity index (χ4v) is 2.35. The second-order valence-corrected chi connectivity index (χ2v) is 5.40. The summed E-state index contributed by atoms with van der Waals surface area (Å²) in [5.74, 6) is 0.917. The highest BCUT2D eigenvalue weighted by Gasteiger charge is 2.13. The van der Waals surface area contributed by atoms with Crippen LogP contribution in [0.1, 0.15) is 0 Å². The Labute approximate surface area is 128 Å². The first-order valence-electron chi connectivity index (χ1n) is 5.79. The van der Waals surface area contributed by atoms with Crippen LogP contribution in [-0.2, 0) is 0 Å². The van der Waals surface area contributed by atoms with Crippen molar-refractivity contribution in [3.63, 3.8) is 0 Å². The van der Waals surface area contributed by atoms with E-state index < -0.39 is 0 Å². The second-order valence-electron chi connectivity index (χ2n) is 4.14. The minimum atomic E-state index is 0.402. The zero-order chi connectivity index (χ0) is 14.1. The van der Waals surface area contributed by atoms with Crippen LogP contribution in [-0.4, -0.2) is 10.1 Å². The third-order valence-electron chi connectivity index (χ3n) is 2.78. The molecular weight excluding hydrogens is 342 g/mol. The quantitative estimate of drug-likeness (QED) is 0.696. The van der Waals surface area contributed by atoms with Crippen LogP contribution in [0.4, 0.5) is 5.69 Å². The number of benzene rings is 2. The molecule has 4 nitrogen and oxygen atoms in total. The van der Waals surface area contributed by atoms with E-state index in [0.29, 0.717) is 22.4 Å². The molecule has 0 fully saturated rings. The van der Waals surface area contributed by atoms with Gasteiger partial charge in [0.2, 0.25) is 5.82 Å². The number of hydrogen-bond donors (Lipinski definition) is 1. The van der Waals surface area contributed by atoms with E-state index in [-0.39, 0.29) is 0 Å². The highest BCUT2D eigenvalue weighted by molar-refractivity contribution is 9.10. The molecule has 0 bridgehead atoms. The topological polar surface area (TPSA) is 64.9 Å². The van der Waals surface area contributed by atoms with Gasteiger partial charge in [-0.15, -0.1) is 0 Å². The molecule has 3 rings (SSSR count). The van der Waals surface area contributed by atoms with E-state index in [1.165, 1.54) is 0 Å². The molecule has 1 aromatic heterocycles. The standard InChI is InChI=1S/C14H9BrClN3O/c15-10-4-2-1-3-9(10)13-18-14(20-19-13)8-5-6-11(16)12(17)7-8/h1-7H,17H2. The van der Waals surface area contributed by atoms with Crippen molar-refractivity contribution < 1.29 is 4.52 Å². The summed E-state index contributed by atoms with van der Waals surface area (Å²) < 4.78 is 6.18. The Morgan fingerprint density at radius 1 is 1.15 bits per heavy atom. The first kappa shape index (κ1) is 13.1. The molecule has 0 radical (unpaired) electrons. The molecular formula is C14H9BrClN3O. The summed E-state index contributed by atoms with van der Waals surface area (Å²) in [6.45, 7) is 0. The van der Waals surface area contributed by atoms with Gasteiger partial charge in [-0.25, -0.2) is 0 Å². The third kappa shape index (κ3) is 2.42. The third-order valence-corrected chi connectivity index (χ3v) is 3.82. The average molecular weight is 351 g/mol. The van der Waals surface area contributed by atoms with Crippen LogP contribution in [0.15, 0.2) is 51.5 Å². The molecule has 0 spiro atoms. The number of rotatable bonds is 2. The van der Waals surface area contributed by atoms with Gasteiger partial charge in [0.15, 0.2) is 0 Å². The Morgan fingerprint density at radius 3 is 2.70 bits per heavy atom. The van der Waals surface area contributed by atoms with Crippen molar-refractivity contribution in [3.8, 4) is 22.8 Å². The Morgan fingerprint density at radius 2 is 1.95 bits per heavy atom. The monoisotopic (exact) mass is 349 g/mol. The summed E-state index contributed by atoms with van der Waals surface area (Å²) in [5, 5.41) is 4.49. The smallest absolute Gasteiger partial charge is 0.258 e. The normalized spacial score (nSPS) is 10.7. The first-order valence-corrected chi connectivity index (χ1v) is 6.96. The lowest BCUT2D eigenvalue weighted by Gasteiger charge is -1.99. The lowest BCUT2D eigenvalue weighted by molar-refractivity contribution is 0.432. The number of anilines is 1. The van der Waals surface area contributed by atoms with E-state index >= 15 is 0 Å². The summed E-state index contributed by atoms with van der Waals surface area (Å²) in [6.07, 6.45) is 0. The van der Waals surface area contributed by atoms with Crippen molar-refractivity contribution in [3.05, 3.63) is 52.0 Å². The number of aromatic nitrogens is 2. The van der Waals surface area contributed by atoms with Crippen LogP contribution in [0, 0.1) is 0 Å². The number of nitrogens with two attached hydrogens (primary N) is 1. The molecule has 0 atom stereocenters. The minimum Gasteiger partial charge on any atom is -0.398 e. The van der Waals surface area contributed by atoms with Crippen molar-refractivity contribution in [2.45, 2.75) is 0 Å². The second kappa shape index (κ2) is 5.26. The molecule has 0 amide bonds. The largest absolute Gasteiger partial charge is 0.398 e. The molecule has 3 aromatic rings. The molecule has 0 saturated heterocycles. The summed E-state index contributed by atoms with van der Waals surface area (Å²) in [5.41, 5.74) is 7.85. The number of nitrogen functional groups attached to an aromatic ring is 1. The predicted molar refractivity (Wildman–Crippen MR) is 82.3 cm³/mol. The van der Waals surface area contributed by atoms with Gasteiger partial charge in [0, 0.05) is 15.6 Å². The molecule has 1 heterocycles. The van der Waals surface area contributed by atoms with Gasteiger partial charge in [-0.1, -0.05) is 44.8 Å². The molecule has 2 aromatic carbocycles. The van der Waals surface area contributed by atoms with Crippen LogP contribution in [0.25, 0.3) is 22.8 Å². The Bertz CT molecular complexity index is 773. The summed E-state index contributed by atoms with van der Waals surface area (Å²) in [7, 11) is 0. The molecule has 100 valence electrons. The summed E-state index contributed by atoms with van der Waals surface area (Å²) in [4.78, 5) is 4.38. The van der Waals surface area contributed by atoms with Gasteiger partial charge in [-0.3, -0.25) is 0 Å². The fourth-order valence-electron chi connectivity index (χ4n) is 1.77. The van der Waals surface area contributed by atoms with Crippen LogP contribution in [0.5, 0.6) is 0 Å². The molecule has 0 saturated carbocycles. The molecule has 2 N–H and O–H groups in total. The van der Waals surface area contributed by atoms with E-state index in [1.54, 1.807) is 18.2 Å². The van der Waals surface area contributed by atoms with Crippen molar-refractivity contribution in [2.24, 2.45) is 0 Å². The number of nitrogens with zero attached hydrogens (tertiary/aromatic N) is 2. The van der Waals surface area contributed by atoms with Crippen molar-refractivity contribution in [1.29, 1.82) is 0 Å². The van der Waals surface area contributed by atoms with Crippen molar-refractivity contribution >= 4 is 33.2 Å². The van der Waals surface area contributed by atoms with Crippen LogP contribution >= 0.6 is 27.5 Å². The van der Waals surface area contributed by atoms with Gasteiger partial charge < -0.3 is 10.3 Å². The number of hydrogen-bond acceptors (Lipinski definition) is 4. The molecule has 0 aliphatic rings. The van der Waals surface area contributed by atoms with E-state index in [0.717, 1.165) is 15.6 Å². The fraction of sp³-hybridized carbons (Fsp3) is 0. The van der Waals surface area contributed by atoms with Crippen LogP contribution in [0.2, 0.25) is 5.02 Å². The molecule has 0 unspecified atom stereocenters. The van der Waals surface area contributed by atoms with Gasteiger partial charge >= 0.3 is 0 Å². The summed E-state index contributed by atoms with van der Waals surface area (Å²) in [6, 6.07) is 12.9. The Hall–Kier alpha value is -1.85. The highest BCUT2D eigenvalue weighted by Crippen LogP contribution is 2.29. The van der Waals surface area contributed by atoms with E-state index in [2.05, 4.69) is 26.1 Å². The maximum absolute atomic E-state index is 5.89. The predicted octanol–water partition coefficient (Wildman–Crippen LogP) is 4.40. The zero-order valence-corrected chi connectivity index (χ0v) is 12.5. The summed E-state index contributed by atoms with van der Waals surface area (Å²) >= 11 is 9.35. The molecule has 0 aliphatic heterocycles. The average Bonchev–Trinajstić information content (AvgIpc) is 2.92. The van der Waals surface area contributed by atoms with Crippen LogP contribution in [0.3, 0.4) is 0 Å². The zero-order valence-electron chi connectivity index (χ0n) is 10.2. The first-order chi connectivity index (χ1) is 9.65. The van der Waals surface area contributed by atoms with Crippen LogP contribution < -0.4 is 5.73 Å². The Kier molecular flexibility index (Phi) is 3.46. The van der Waals surface area contributed by atoms with E-state index in [4.69, 9.17) is 21.9 Å². The maximum Gasteiger partial charge on any atom is 0.258 e. The maximum atomic E-state index is 5.89. The molecule has 6 heteroatoms. The highest BCUT2D eigenvalue weighted by atomic mass is 79.9. The van der Waals surface area contributed by atoms with Gasteiger partial charge in [0.05, 0.1) is 10.7 Å². The van der Waals surface area contributed by atoms with E-state index in [1.807, 2.05) is 24.3 Å². The van der Waals surface area contributed by atoms with Gasteiger partial charge in [0.1, 0.15) is 0 Å². The van der Waals surface area contributed by atoms with Gasteiger partial charge in [0.25, 0.3) is 5.89 Å². The lowest BCUT2D eigenvalue weighted by Crippen LogP contribution is -1.87. The minimum absolute atomic E-state index is 0.402. The molecule has 0 aliphatic carbocycles. The lowest BCUT2D eigenvalue weighted by atomic mass is 10.2. The van der Waals surface area contributed by atoms with Crippen molar-refractivity contribution in [1.82, 2.24) is 10.1 Å². The van der Waals surface area contributed by atoms with Gasteiger partial charge in [-0.2, -0.15) is 4.98 Å². The SMILES string of the molecule is Nc1cc(-c2nc(-c3ccccc3Br)no2)ccc1Cl. The Balaban J connectivity index is 2.02. The number of halogens is 2.